The van der Waals surface area contributed by atoms with Crippen LogP contribution in [0.1, 0.15) is 32.3 Å². The number of carbonyl (C=O) groups excluding carboxylic acids is 1. The fourth-order valence-corrected chi connectivity index (χ4v) is 2.32. The molecule has 0 aliphatic carbocycles. The fraction of sp³-hybridized carbons (Fsp3) is 0.286. The third-order valence-electron chi connectivity index (χ3n) is 3.54. The molecule has 0 unspecified atom stereocenters. The molecular formula is C21H25NO3. The Bertz CT molecular complexity index is 737. The van der Waals surface area contributed by atoms with E-state index in [4.69, 9.17) is 9.47 Å². The molecule has 0 spiro atoms. The van der Waals surface area contributed by atoms with Crippen LogP contribution in [0.3, 0.4) is 0 Å². The summed E-state index contributed by atoms with van der Waals surface area (Å²) < 4.78 is 11.4. The summed E-state index contributed by atoms with van der Waals surface area (Å²) in [5.74, 6) is 1.45. The van der Waals surface area contributed by atoms with Crippen LogP contribution in [0.15, 0.2) is 60.7 Å². The summed E-state index contributed by atoms with van der Waals surface area (Å²) in [5.41, 5.74) is 2.62. The molecule has 0 saturated carbocycles. The highest BCUT2D eigenvalue weighted by atomic mass is 16.5. The topological polar surface area (TPSA) is 47.6 Å². The molecular weight excluding hydrogens is 314 g/mol. The van der Waals surface area contributed by atoms with Gasteiger partial charge in [-0.05, 0) is 42.2 Å². The van der Waals surface area contributed by atoms with Gasteiger partial charge in [0.1, 0.15) is 18.1 Å². The van der Waals surface area contributed by atoms with Gasteiger partial charge in [-0.25, -0.2) is 0 Å². The van der Waals surface area contributed by atoms with E-state index in [1.807, 2.05) is 49.4 Å². The Kier molecular flexibility index (Phi) is 6.63. The standard InChI is InChI=1S/C21H25NO3/c1-15(2)13-24-20-12-8-6-10-18(20)22-21(23)14-25-19-11-7-5-9-17(19)16(3)4/h5-12,16H,1,13-14H2,2-4H3,(H,22,23). The Morgan fingerprint density at radius 2 is 1.60 bits per heavy atom. The lowest BCUT2D eigenvalue weighted by Crippen LogP contribution is -2.21. The van der Waals surface area contributed by atoms with Crippen LogP contribution < -0.4 is 14.8 Å². The second kappa shape index (κ2) is 8.92. The van der Waals surface area contributed by atoms with E-state index in [9.17, 15) is 4.79 Å². The highest BCUT2D eigenvalue weighted by Gasteiger charge is 2.11. The zero-order valence-corrected chi connectivity index (χ0v) is 15.0. The van der Waals surface area contributed by atoms with E-state index < -0.39 is 0 Å². The van der Waals surface area contributed by atoms with Crippen molar-refractivity contribution in [2.45, 2.75) is 26.7 Å². The molecule has 25 heavy (non-hydrogen) atoms. The summed E-state index contributed by atoms with van der Waals surface area (Å²) in [7, 11) is 0. The first-order chi connectivity index (χ1) is 12.0. The fourth-order valence-electron chi connectivity index (χ4n) is 2.32. The van der Waals surface area contributed by atoms with Crippen molar-refractivity contribution in [3.63, 3.8) is 0 Å². The smallest absolute Gasteiger partial charge is 0.262 e. The van der Waals surface area contributed by atoms with E-state index in [0.29, 0.717) is 24.0 Å². The van der Waals surface area contributed by atoms with E-state index in [2.05, 4.69) is 25.7 Å². The van der Waals surface area contributed by atoms with Gasteiger partial charge in [0.25, 0.3) is 5.91 Å². The number of hydrogen-bond acceptors (Lipinski definition) is 3. The summed E-state index contributed by atoms with van der Waals surface area (Å²) in [4.78, 5) is 12.2. The summed E-state index contributed by atoms with van der Waals surface area (Å²) >= 11 is 0. The molecule has 0 heterocycles. The Hall–Kier alpha value is -2.75. The van der Waals surface area contributed by atoms with Crippen LogP contribution in [0.5, 0.6) is 11.5 Å². The van der Waals surface area contributed by atoms with Crippen molar-refractivity contribution in [3.8, 4) is 11.5 Å². The van der Waals surface area contributed by atoms with Gasteiger partial charge in [-0.3, -0.25) is 4.79 Å². The van der Waals surface area contributed by atoms with Crippen molar-refractivity contribution in [2.75, 3.05) is 18.5 Å². The second-order valence-electron chi connectivity index (χ2n) is 6.27. The monoisotopic (exact) mass is 339 g/mol. The lowest BCUT2D eigenvalue weighted by atomic mass is 10.0. The molecule has 2 rings (SSSR count). The number of para-hydroxylation sites is 3. The lowest BCUT2D eigenvalue weighted by Gasteiger charge is -2.15. The van der Waals surface area contributed by atoms with Gasteiger partial charge in [0.15, 0.2) is 6.61 Å². The molecule has 4 heteroatoms. The molecule has 0 aromatic heterocycles. The van der Waals surface area contributed by atoms with Crippen LogP contribution in [0, 0.1) is 0 Å². The van der Waals surface area contributed by atoms with Gasteiger partial charge in [-0.1, -0.05) is 50.8 Å². The largest absolute Gasteiger partial charge is 0.487 e. The SMILES string of the molecule is C=C(C)COc1ccccc1NC(=O)COc1ccccc1C(C)C. The lowest BCUT2D eigenvalue weighted by molar-refractivity contribution is -0.118. The van der Waals surface area contributed by atoms with Crippen molar-refractivity contribution in [3.05, 3.63) is 66.2 Å². The normalized spacial score (nSPS) is 10.4. The molecule has 0 fully saturated rings. The van der Waals surface area contributed by atoms with Crippen molar-refractivity contribution < 1.29 is 14.3 Å². The van der Waals surface area contributed by atoms with E-state index in [1.54, 1.807) is 6.07 Å². The third kappa shape index (κ3) is 5.68. The minimum Gasteiger partial charge on any atom is -0.487 e. The number of ether oxygens (including phenoxy) is 2. The van der Waals surface area contributed by atoms with E-state index in [1.165, 1.54) is 0 Å². The highest BCUT2D eigenvalue weighted by molar-refractivity contribution is 5.93. The second-order valence-corrected chi connectivity index (χ2v) is 6.27. The van der Waals surface area contributed by atoms with Gasteiger partial charge in [0.05, 0.1) is 5.69 Å². The number of amides is 1. The quantitative estimate of drug-likeness (QED) is 0.704. The van der Waals surface area contributed by atoms with Crippen LogP contribution >= 0.6 is 0 Å². The van der Waals surface area contributed by atoms with Gasteiger partial charge in [0, 0.05) is 0 Å². The van der Waals surface area contributed by atoms with Gasteiger partial charge >= 0.3 is 0 Å². The van der Waals surface area contributed by atoms with Crippen molar-refractivity contribution in [1.82, 2.24) is 0 Å². The average Bonchev–Trinajstić information content (AvgIpc) is 2.59. The van der Waals surface area contributed by atoms with Crippen LogP contribution in [0.2, 0.25) is 0 Å². The van der Waals surface area contributed by atoms with Crippen LogP contribution in [-0.2, 0) is 4.79 Å². The molecule has 1 amide bonds. The van der Waals surface area contributed by atoms with Crippen molar-refractivity contribution in [2.24, 2.45) is 0 Å². The maximum atomic E-state index is 12.2. The molecule has 0 radical (unpaired) electrons. The third-order valence-corrected chi connectivity index (χ3v) is 3.54. The van der Waals surface area contributed by atoms with E-state index in [-0.39, 0.29) is 12.5 Å². The first kappa shape index (κ1) is 18.6. The van der Waals surface area contributed by atoms with Crippen LogP contribution in [0.4, 0.5) is 5.69 Å². The molecule has 0 aliphatic rings. The first-order valence-corrected chi connectivity index (χ1v) is 8.35. The molecule has 1 N–H and O–H groups in total. The molecule has 2 aromatic rings. The molecule has 0 atom stereocenters. The van der Waals surface area contributed by atoms with Gasteiger partial charge in [0.2, 0.25) is 0 Å². The Balaban J connectivity index is 1.98. The maximum Gasteiger partial charge on any atom is 0.262 e. The number of nitrogens with one attached hydrogen (secondary N) is 1. The predicted octanol–water partition coefficient (Wildman–Crippen LogP) is 4.78. The van der Waals surface area contributed by atoms with Crippen LogP contribution in [-0.4, -0.2) is 19.1 Å². The van der Waals surface area contributed by atoms with Gasteiger partial charge < -0.3 is 14.8 Å². The highest BCUT2D eigenvalue weighted by Crippen LogP contribution is 2.26. The zero-order chi connectivity index (χ0) is 18.2. The van der Waals surface area contributed by atoms with Crippen molar-refractivity contribution in [1.29, 1.82) is 0 Å². The minimum absolute atomic E-state index is 0.0570. The summed E-state index contributed by atoms with van der Waals surface area (Å²) in [6.45, 7) is 10.2. The number of hydrogen-bond donors (Lipinski definition) is 1. The number of benzene rings is 2. The zero-order valence-electron chi connectivity index (χ0n) is 15.0. The van der Waals surface area contributed by atoms with Gasteiger partial charge in [-0.15, -0.1) is 0 Å². The Morgan fingerprint density at radius 1 is 1.00 bits per heavy atom. The molecule has 4 nitrogen and oxygen atoms in total. The molecule has 0 bridgehead atoms. The summed E-state index contributed by atoms with van der Waals surface area (Å²) in [6, 6.07) is 15.1. The molecule has 132 valence electrons. The van der Waals surface area contributed by atoms with Crippen molar-refractivity contribution >= 4 is 11.6 Å². The summed E-state index contributed by atoms with van der Waals surface area (Å²) in [5, 5.41) is 2.83. The maximum absolute atomic E-state index is 12.2. The van der Waals surface area contributed by atoms with E-state index >= 15 is 0 Å². The Morgan fingerprint density at radius 3 is 2.28 bits per heavy atom. The number of carbonyl (C=O) groups is 1. The molecule has 0 aliphatic heterocycles. The van der Waals surface area contributed by atoms with Crippen LogP contribution in [0.25, 0.3) is 0 Å². The number of rotatable bonds is 8. The predicted molar refractivity (Wildman–Crippen MR) is 101 cm³/mol. The van der Waals surface area contributed by atoms with Gasteiger partial charge in [-0.2, -0.15) is 0 Å². The molecule has 2 aromatic carbocycles. The first-order valence-electron chi connectivity index (χ1n) is 8.35. The van der Waals surface area contributed by atoms with E-state index in [0.717, 1.165) is 16.9 Å². The Labute approximate surface area is 149 Å². The number of anilines is 1. The summed E-state index contributed by atoms with van der Waals surface area (Å²) in [6.07, 6.45) is 0. The minimum atomic E-state index is -0.232. The average molecular weight is 339 g/mol. The molecule has 0 saturated heterocycles.